The summed E-state index contributed by atoms with van der Waals surface area (Å²) in [4.78, 5) is 21.2. The molecule has 1 amide bonds. The number of furan rings is 1. The predicted molar refractivity (Wildman–Crippen MR) is 95.8 cm³/mol. The molecule has 3 rings (SSSR count). The van der Waals surface area contributed by atoms with Crippen molar-refractivity contribution in [3.8, 4) is 0 Å². The Morgan fingerprint density at radius 2 is 2.12 bits per heavy atom. The van der Waals surface area contributed by atoms with Crippen molar-refractivity contribution in [2.45, 2.75) is 32.3 Å². The summed E-state index contributed by atoms with van der Waals surface area (Å²) in [5.74, 6) is 1.31. The van der Waals surface area contributed by atoms with E-state index in [1.807, 2.05) is 4.90 Å². The molecule has 0 radical (unpaired) electrons. The SMILES string of the molecule is CCNC(=NCCC1CCCO1)N1CCN(C(=O)c2ccco2)CC1. The lowest BCUT2D eigenvalue weighted by Crippen LogP contribution is -2.53. The first kappa shape index (κ1) is 17.8. The number of hydrogen-bond acceptors (Lipinski definition) is 4. The Bertz CT molecular complexity index is 559. The van der Waals surface area contributed by atoms with Crippen molar-refractivity contribution in [2.75, 3.05) is 45.9 Å². The average molecular weight is 348 g/mol. The lowest BCUT2D eigenvalue weighted by atomic mass is 10.2. The minimum Gasteiger partial charge on any atom is -0.459 e. The first-order chi connectivity index (χ1) is 12.3. The molecule has 2 aliphatic heterocycles. The van der Waals surface area contributed by atoms with Gasteiger partial charge in [0, 0.05) is 45.9 Å². The third kappa shape index (κ3) is 4.75. The molecule has 2 aliphatic rings. The molecule has 0 bridgehead atoms. The topological polar surface area (TPSA) is 70.3 Å². The second-order valence-corrected chi connectivity index (χ2v) is 6.42. The van der Waals surface area contributed by atoms with Gasteiger partial charge >= 0.3 is 0 Å². The molecule has 1 aromatic heterocycles. The molecule has 7 heteroatoms. The lowest BCUT2D eigenvalue weighted by molar-refractivity contribution is 0.0657. The molecule has 0 aromatic carbocycles. The van der Waals surface area contributed by atoms with E-state index < -0.39 is 0 Å². The molecule has 25 heavy (non-hydrogen) atoms. The van der Waals surface area contributed by atoms with Gasteiger partial charge in [-0.1, -0.05) is 0 Å². The minimum atomic E-state index is -0.0371. The number of nitrogens with one attached hydrogen (secondary N) is 1. The number of piperazine rings is 1. The van der Waals surface area contributed by atoms with Crippen molar-refractivity contribution in [3.63, 3.8) is 0 Å². The Hall–Kier alpha value is -2.02. The van der Waals surface area contributed by atoms with Crippen molar-refractivity contribution in [1.82, 2.24) is 15.1 Å². The number of amides is 1. The van der Waals surface area contributed by atoms with E-state index in [4.69, 9.17) is 14.1 Å². The molecule has 2 fully saturated rings. The second-order valence-electron chi connectivity index (χ2n) is 6.42. The van der Waals surface area contributed by atoms with Crippen LogP contribution in [0.3, 0.4) is 0 Å². The van der Waals surface area contributed by atoms with Gasteiger partial charge in [0.15, 0.2) is 11.7 Å². The lowest BCUT2D eigenvalue weighted by Gasteiger charge is -2.36. The van der Waals surface area contributed by atoms with Crippen LogP contribution in [0.2, 0.25) is 0 Å². The van der Waals surface area contributed by atoms with Crippen LogP contribution >= 0.6 is 0 Å². The number of ether oxygens (including phenoxy) is 1. The van der Waals surface area contributed by atoms with Gasteiger partial charge in [-0.3, -0.25) is 9.79 Å². The Labute approximate surface area is 149 Å². The van der Waals surface area contributed by atoms with Gasteiger partial charge < -0.3 is 24.3 Å². The molecule has 0 spiro atoms. The van der Waals surface area contributed by atoms with Gasteiger partial charge in [0.05, 0.1) is 12.4 Å². The molecule has 1 aromatic rings. The van der Waals surface area contributed by atoms with E-state index in [0.717, 1.165) is 51.6 Å². The minimum absolute atomic E-state index is 0.0371. The standard InChI is InChI=1S/C18H28N4O3/c1-2-19-18(20-8-7-15-5-3-13-24-15)22-11-9-21(10-12-22)17(23)16-6-4-14-25-16/h4,6,14-15H,2-3,5,7-13H2,1H3,(H,19,20). The first-order valence-electron chi connectivity index (χ1n) is 9.25. The van der Waals surface area contributed by atoms with Gasteiger partial charge in [0.2, 0.25) is 0 Å². The Kier molecular flexibility index (Phi) is 6.33. The van der Waals surface area contributed by atoms with Crippen molar-refractivity contribution in [1.29, 1.82) is 0 Å². The van der Waals surface area contributed by atoms with E-state index in [2.05, 4.69) is 17.1 Å². The zero-order valence-corrected chi connectivity index (χ0v) is 14.9. The number of aliphatic imine (C=N–C) groups is 1. The van der Waals surface area contributed by atoms with Gasteiger partial charge in [-0.15, -0.1) is 0 Å². The van der Waals surface area contributed by atoms with Crippen LogP contribution in [0.25, 0.3) is 0 Å². The number of hydrogen-bond donors (Lipinski definition) is 1. The molecule has 7 nitrogen and oxygen atoms in total. The largest absolute Gasteiger partial charge is 0.459 e. The Morgan fingerprint density at radius 1 is 1.32 bits per heavy atom. The summed E-state index contributed by atoms with van der Waals surface area (Å²) in [5, 5.41) is 3.36. The summed E-state index contributed by atoms with van der Waals surface area (Å²) in [6, 6.07) is 3.46. The maximum Gasteiger partial charge on any atom is 0.289 e. The van der Waals surface area contributed by atoms with Crippen molar-refractivity contribution < 1.29 is 13.9 Å². The molecule has 2 saturated heterocycles. The first-order valence-corrected chi connectivity index (χ1v) is 9.25. The summed E-state index contributed by atoms with van der Waals surface area (Å²) in [6.07, 6.45) is 5.20. The van der Waals surface area contributed by atoms with Crippen LogP contribution in [0, 0.1) is 0 Å². The molecule has 3 heterocycles. The summed E-state index contributed by atoms with van der Waals surface area (Å²) >= 11 is 0. The predicted octanol–water partition coefficient (Wildman–Crippen LogP) is 1.57. The maximum absolute atomic E-state index is 12.3. The number of carbonyl (C=O) groups is 1. The molecule has 138 valence electrons. The molecule has 1 unspecified atom stereocenters. The number of rotatable bonds is 5. The Balaban J connectivity index is 1.50. The summed E-state index contributed by atoms with van der Waals surface area (Å²) in [5.41, 5.74) is 0. The third-order valence-corrected chi connectivity index (χ3v) is 4.67. The monoisotopic (exact) mass is 348 g/mol. The van der Waals surface area contributed by atoms with Crippen molar-refractivity contribution >= 4 is 11.9 Å². The zero-order chi connectivity index (χ0) is 17.5. The van der Waals surface area contributed by atoms with E-state index in [0.29, 0.717) is 25.0 Å². The van der Waals surface area contributed by atoms with E-state index in [-0.39, 0.29) is 5.91 Å². The summed E-state index contributed by atoms with van der Waals surface area (Å²) in [6.45, 7) is 7.48. The van der Waals surface area contributed by atoms with E-state index >= 15 is 0 Å². The fourth-order valence-corrected chi connectivity index (χ4v) is 3.29. The second kappa shape index (κ2) is 8.89. The van der Waals surface area contributed by atoms with Crippen LogP contribution < -0.4 is 5.32 Å². The maximum atomic E-state index is 12.3. The third-order valence-electron chi connectivity index (χ3n) is 4.67. The highest BCUT2D eigenvalue weighted by atomic mass is 16.5. The molecule has 0 aliphatic carbocycles. The van der Waals surface area contributed by atoms with Gasteiger partial charge in [-0.05, 0) is 38.3 Å². The van der Waals surface area contributed by atoms with Gasteiger partial charge in [-0.25, -0.2) is 0 Å². The van der Waals surface area contributed by atoms with E-state index in [1.54, 1.807) is 12.1 Å². The van der Waals surface area contributed by atoms with E-state index in [1.165, 1.54) is 12.7 Å². The van der Waals surface area contributed by atoms with Gasteiger partial charge in [0.1, 0.15) is 0 Å². The molecular formula is C18H28N4O3. The summed E-state index contributed by atoms with van der Waals surface area (Å²) in [7, 11) is 0. The highest BCUT2D eigenvalue weighted by Gasteiger charge is 2.25. The smallest absolute Gasteiger partial charge is 0.289 e. The Morgan fingerprint density at radius 3 is 2.76 bits per heavy atom. The van der Waals surface area contributed by atoms with Gasteiger partial charge in [0.25, 0.3) is 5.91 Å². The highest BCUT2D eigenvalue weighted by Crippen LogP contribution is 2.15. The molecule has 1 N–H and O–H groups in total. The van der Waals surface area contributed by atoms with Crippen LogP contribution in [-0.4, -0.2) is 73.6 Å². The van der Waals surface area contributed by atoms with E-state index in [9.17, 15) is 4.79 Å². The van der Waals surface area contributed by atoms with Crippen LogP contribution in [-0.2, 0) is 4.74 Å². The molecular weight excluding hydrogens is 320 g/mol. The van der Waals surface area contributed by atoms with Crippen LogP contribution in [0.15, 0.2) is 27.8 Å². The molecule has 0 saturated carbocycles. The average Bonchev–Trinajstić information content (AvgIpc) is 3.34. The van der Waals surface area contributed by atoms with Crippen molar-refractivity contribution in [3.05, 3.63) is 24.2 Å². The fourth-order valence-electron chi connectivity index (χ4n) is 3.29. The number of guanidine groups is 1. The summed E-state index contributed by atoms with van der Waals surface area (Å²) < 4.78 is 10.9. The van der Waals surface area contributed by atoms with Crippen LogP contribution in [0.5, 0.6) is 0 Å². The number of carbonyl (C=O) groups excluding carboxylic acids is 1. The highest BCUT2D eigenvalue weighted by molar-refractivity contribution is 5.91. The fraction of sp³-hybridized carbons (Fsp3) is 0.667. The molecule has 1 atom stereocenters. The zero-order valence-electron chi connectivity index (χ0n) is 14.9. The van der Waals surface area contributed by atoms with Crippen LogP contribution in [0.1, 0.15) is 36.7 Å². The quantitative estimate of drug-likeness (QED) is 0.646. The van der Waals surface area contributed by atoms with Crippen molar-refractivity contribution in [2.24, 2.45) is 4.99 Å². The number of nitrogens with zero attached hydrogens (tertiary/aromatic N) is 3. The normalized spacial score (nSPS) is 21.6. The van der Waals surface area contributed by atoms with Crippen LogP contribution in [0.4, 0.5) is 0 Å². The van der Waals surface area contributed by atoms with Gasteiger partial charge in [-0.2, -0.15) is 0 Å².